The van der Waals surface area contributed by atoms with Crippen LogP contribution in [-0.2, 0) is 11.3 Å². The monoisotopic (exact) mass is 410 g/mol. The molecule has 0 saturated heterocycles. The number of hydrogen-bond acceptors (Lipinski definition) is 4. The molecule has 2 aromatic rings. The van der Waals surface area contributed by atoms with Gasteiger partial charge in [-0.15, -0.1) is 5.10 Å². The Morgan fingerprint density at radius 2 is 1.95 bits per heavy atom. The van der Waals surface area contributed by atoms with Gasteiger partial charge in [0.15, 0.2) is 11.5 Å². The van der Waals surface area contributed by atoms with Crippen molar-refractivity contribution in [2.24, 2.45) is 0 Å². The average molecular weight is 410 g/mol. The smallest absolute Gasteiger partial charge is 0.320 e. The van der Waals surface area contributed by atoms with Gasteiger partial charge in [0.2, 0.25) is 0 Å². The third kappa shape index (κ3) is 3.24. The van der Waals surface area contributed by atoms with Gasteiger partial charge in [-0.3, -0.25) is 0 Å². The van der Waals surface area contributed by atoms with Crippen LogP contribution in [0, 0.1) is 0 Å². The number of alkyl halides is 3. The number of ether oxygens (including phenoxy) is 1. The third-order valence-corrected chi connectivity index (χ3v) is 3.74. The summed E-state index contributed by atoms with van der Waals surface area (Å²) in [4.78, 5) is 8.24. The van der Waals surface area contributed by atoms with E-state index in [2.05, 4.69) is 15.1 Å². The van der Waals surface area contributed by atoms with Crippen molar-refractivity contribution in [3.05, 3.63) is 17.6 Å². The first-order valence-corrected chi connectivity index (χ1v) is 8.07. The van der Waals surface area contributed by atoms with Gasteiger partial charge in [-0.25, -0.2) is 4.98 Å². The van der Waals surface area contributed by atoms with E-state index >= 15 is 0 Å². The second kappa shape index (κ2) is 5.62. The number of hydrogen-bond donors (Lipinski definition) is 0. The summed E-state index contributed by atoms with van der Waals surface area (Å²) in [6.45, 7) is 7.94. The summed E-state index contributed by atoms with van der Waals surface area (Å²) in [6, 6.07) is 1.31. The Morgan fingerprint density at radius 3 is 2.48 bits per heavy atom. The van der Waals surface area contributed by atoms with Crippen molar-refractivity contribution in [1.29, 1.82) is 0 Å². The highest BCUT2D eigenvalue weighted by atomic mass is 127. The van der Waals surface area contributed by atoms with Gasteiger partial charge >= 0.3 is 6.01 Å². The zero-order valence-electron chi connectivity index (χ0n) is 12.3. The Bertz CT molecular complexity index is 651. The highest BCUT2D eigenvalue weighted by Gasteiger charge is 2.34. The quantitative estimate of drug-likeness (QED) is 0.573. The zero-order chi connectivity index (χ0) is 15.8. The van der Waals surface area contributed by atoms with Crippen molar-refractivity contribution in [2.75, 3.05) is 11.0 Å². The van der Waals surface area contributed by atoms with Gasteiger partial charge in [0.25, 0.3) is 5.92 Å². The largest absolute Gasteiger partial charge is 0.464 e. The van der Waals surface area contributed by atoms with Crippen molar-refractivity contribution in [1.82, 2.24) is 19.6 Å². The van der Waals surface area contributed by atoms with E-state index in [1.807, 2.05) is 20.8 Å². The molecule has 0 bridgehead atoms. The predicted octanol–water partition coefficient (Wildman–Crippen LogP) is 3.35. The Balaban J connectivity index is 2.67. The van der Waals surface area contributed by atoms with Gasteiger partial charge in [-0.05, 0) is 6.92 Å². The van der Waals surface area contributed by atoms with Crippen molar-refractivity contribution >= 4 is 28.2 Å². The lowest BCUT2D eigenvalue weighted by molar-refractivity contribution is 0.0209. The molecule has 2 heterocycles. The maximum atomic E-state index is 13.9. The fourth-order valence-corrected chi connectivity index (χ4v) is 2.05. The predicted molar refractivity (Wildman–Crippen MR) is 83.4 cm³/mol. The lowest BCUT2D eigenvalue weighted by Gasteiger charge is -2.13. The number of fused-ring (bicyclic) bond motifs is 1. The third-order valence-electron chi connectivity index (χ3n) is 2.78. The molecule has 0 aliphatic rings. The van der Waals surface area contributed by atoms with Crippen LogP contribution in [0.2, 0.25) is 0 Å². The van der Waals surface area contributed by atoms with Gasteiger partial charge in [0.05, 0.1) is 11.0 Å². The molecule has 0 amide bonds. The summed E-state index contributed by atoms with van der Waals surface area (Å²) in [5.74, 6) is -2.47. The molecule has 5 nitrogen and oxygen atoms in total. The van der Waals surface area contributed by atoms with Crippen LogP contribution in [0.15, 0.2) is 6.07 Å². The van der Waals surface area contributed by atoms with Crippen LogP contribution in [0.5, 0.6) is 6.01 Å². The van der Waals surface area contributed by atoms with E-state index in [0.717, 1.165) is 0 Å². The first kappa shape index (κ1) is 16.3. The van der Waals surface area contributed by atoms with Crippen LogP contribution >= 0.6 is 22.6 Å². The molecule has 0 saturated carbocycles. The molecular formula is C13H17F2IN4O. The summed E-state index contributed by atoms with van der Waals surface area (Å²) in [7, 11) is 0. The van der Waals surface area contributed by atoms with Crippen molar-refractivity contribution in [3.63, 3.8) is 0 Å². The maximum absolute atomic E-state index is 13.9. The van der Waals surface area contributed by atoms with E-state index in [-0.39, 0.29) is 21.5 Å². The van der Waals surface area contributed by atoms with Gasteiger partial charge in [0, 0.05) is 11.5 Å². The van der Waals surface area contributed by atoms with Crippen LogP contribution < -0.4 is 4.74 Å². The molecule has 0 unspecified atom stereocenters. The van der Waals surface area contributed by atoms with Gasteiger partial charge in [-0.2, -0.15) is 18.3 Å². The highest BCUT2D eigenvalue weighted by Crippen LogP contribution is 2.31. The van der Waals surface area contributed by atoms with E-state index in [1.165, 1.54) is 10.6 Å². The Kier molecular flexibility index (Phi) is 4.36. The molecular weight excluding hydrogens is 393 g/mol. The van der Waals surface area contributed by atoms with Crippen LogP contribution in [0.1, 0.15) is 39.2 Å². The summed E-state index contributed by atoms with van der Waals surface area (Å²) in [5, 5.41) is 4.32. The normalized spacial score (nSPS) is 12.9. The van der Waals surface area contributed by atoms with E-state index in [1.54, 1.807) is 29.5 Å². The Hall–Kier alpha value is -1.06. The number of nitrogens with zero attached hydrogens (tertiary/aromatic N) is 4. The number of halogens is 3. The van der Waals surface area contributed by atoms with Gasteiger partial charge in [-0.1, -0.05) is 43.4 Å². The molecule has 2 aromatic heterocycles. The standard InChI is InChI=1S/C13H17F2IN4O/c1-5-21-11-17-8(13(14,15)7-16)6-9-18-10(12(2,3)4)19-20(9)11/h6H,5,7H2,1-4H3. The minimum absolute atomic E-state index is 0.0394. The van der Waals surface area contributed by atoms with Crippen molar-refractivity contribution < 1.29 is 13.5 Å². The van der Waals surface area contributed by atoms with Gasteiger partial charge < -0.3 is 4.74 Å². The Morgan fingerprint density at radius 1 is 1.29 bits per heavy atom. The van der Waals surface area contributed by atoms with E-state index in [0.29, 0.717) is 18.1 Å². The minimum Gasteiger partial charge on any atom is -0.464 e. The molecule has 116 valence electrons. The molecule has 0 fully saturated rings. The number of aromatic nitrogens is 4. The zero-order valence-corrected chi connectivity index (χ0v) is 14.5. The molecule has 0 spiro atoms. The first-order chi connectivity index (χ1) is 9.69. The van der Waals surface area contributed by atoms with E-state index in [4.69, 9.17) is 4.74 Å². The van der Waals surface area contributed by atoms with E-state index in [9.17, 15) is 8.78 Å². The lowest BCUT2D eigenvalue weighted by atomic mass is 9.96. The summed E-state index contributed by atoms with van der Waals surface area (Å²) in [5.41, 5.74) is -0.319. The summed E-state index contributed by atoms with van der Waals surface area (Å²) >= 11 is 1.63. The maximum Gasteiger partial charge on any atom is 0.320 e. The van der Waals surface area contributed by atoms with Crippen LogP contribution in [0.4, 0.5) is 8.78 Å². The van der Waals surface area contributed by atoms with Crippen molar-refractivity contribution in [3.8, 4) is 6.01 Å². The molecule has 0 radical (unpaired) electrons. The molecule has 0 aromatic carbocycles. The van der Waals surface area contributed by atoms with Crippen LogP contribution in [0.25, 0.3) is 5.65 Å². The molecule has 0 atom stereocenters. The lowest BCUT2D eigenvalue weighted by Crippen LogP contribution is -2.18. The minimum atomic E-state index is -3.03. The second-order valence-electron chi connectivity index (χ2n) is 5.65. The highest BCUT2D eigenvalue weighted by molar-refractivity contribution is 14.1. The molecule has 0 aliphatic heterocycles. The molecule has 0 N–H and O–H groups in total. The molecule has 8 heteroatoms. The molecule has 2 rings (SSSR count). The topological polar surface area (TPSA) is 52.3 Å². The second-order valence-corrected chi connectivity index (χ2v) is 6.41. The summed E-state index contributed by atoms with van der Waals surface area (Å²) < 4.78 is 34.1. The van der Waals surface area contributed by atoms with E-state index < -0.39 is 5.92 Å². The molecule has 21 heavy (non-hydrogen) atoms. The first-order valence-electron chi connectivity index (χ1n) is 6.54. The fourth-order valence-electron chi connectivity index (χ4n) is 1.66. The average Bonchev–Trinajstić information content (AvgIpc) is 2.83. The number of rotatable bonds is 4. The van der Waals surface area contributed by atoms with Crippen molar-refractivity contribution in [2.45, 2.75) is 39.0 Å². The Labute approximate surface area is 135 Å². The van der Waals surface area contributed by atoms with Crippen LogP contribution in [0.3, 0.4) is 0 Å². The van der Waals surface area contributed by atoms with Gasteiger partial charge in [0.1, 0.15) is 5.69 Å². The summed E-state index contributed by atoms with van der Waals surface area (Å²) in [6.07, 6.45) is 0. The molecule has 0 aliphatic carbocycles. The fraction of sp³-hybridized carbons (Fsp3) is 0.615. The van der Waals surface area contributed by atoms with Crippen LogP contribution in [-0.4, -0.2) is 30.6 Å². The SMILES string of the molecule is CCOc1nc(C(F)(F)CI)cc2nc(C(C)(C)C)nn12.